The average molecular weight is 494 g/mol. The van der Waals surface area contributed by atoms with E-state index in [4.69, 9.17) is 0 Å². The van der Waals surface area contributed by atoms with E-state index in [9.17, 15) is 5.26 Å². The van der Waals surface area contributed by atoms with Crippen molar-refractivity contribution in [2.75, 3.05) is 0 Å². The van der Waals surface area contributed by atoms with Crippen LogP contribution in [0.15, 0.2) is 103 Å². The zero-order valence-corrected chi connectivity index (χ0v) is 22.7. The standard InChI is InChI=1S/C34H29N2Si/c1-23-13-19-28-29-20-18-27(22-35)32(26-16-14-25(15-17-26)24-10-6-5-7-11-24)34(29)37(3,4)33(28)31(23)30-12-8-9-21-36(30)2/h5-21H,1-4H3/q+1. The SMILES string of the molecule is Cc1ccc2c(c1-c1cccc[n+]1C)[Si](C)(C)c1c-2ccc(C#N)c1-c1ccc(-c2ccccc2)cc1. The number of hydrogen-bond donors (Lipinski definition) is 0. The van der Waals surface area contributed by atoms with Crippen molar-refractivity contribution in [2.45, 2.75) is 20.0 Å². The molecular weight excluding hydrogens is 464 g/mol. The van der Waals surface area contributed by atoms with Crippen LogP contribution in [-0.4, -0.2) is 8.07 Å². The van der Waals surface area contributed by atoms with Crippen molar-refractivity contribution in [1.29, 1.82) is 5.26 Å². The monoisotopic (exact) mass is 493 g/mol. The van der Waals surface area contributed by atoms with Gasteiger partial charge in [0.1, 0.15) is 15.1 Å². The number of benzene rings is 4. The van der Waals surface area contributed by atoms with Gasteiger partial charge in [-0.15, -0.1) is 0 Å². The third-order valence-corrected chi connectivity index (χ3v) is 11.4. The second-order valence-corrected chi connectivity index (χ2v) is 14.7. The molecule has 6 rings (SSSR count). The molecule has 0 saturated carbocycles. The van der Waals surface area contributed by atoms with Gasteiger partial charge in [-0.3, -0.25) is 0 Å². The molecule has 0 amide bonds. The van der Waals surface area contributed by atoms with Crippen LogP contribution in [0.1, 0.15) is 11.1 Å². The molecule has 4 aromatic carbocycles. The molecule has 178 valence electrons. The summed E-state index contributed by atoms with van der Waals surface area (Å²) in [4.78, 5) is 0. The maximum absolute atomic E-state index is 10.2. The number of aromatic nitrogens is 1. The highest BCUT2D eigenvalue weighted by atomic mass is 28.3. The Morgan fingerprint density at radius 3 is 1.92 bits per heavy atom. The first-order valence-corrected chi connectivity index (χ1v) is 15.7. The molecular formula is C34H29N2Si+. The Bertz CT molecular complexity index is 1710. The number of pyridine rings is 1. The topological polar surface area (TPSA) is 27.7 Å². The number of aryl methyl sites for hydroxylation is 2. The fraction of sp³-hybridized carbons (Fsp3) is 0.118. The van der Waals surface area contributed by atoms with Crippen molar-refractivity contribution in [3.63, 3.8) is 0 Å². The van der Waals surface area contributed by atoms with Crippen LogP contribution in [0.3, 0.4) is 0 Å². The highest BCUT2D eigenvalue weighted by Crippen LogP contribution is 2.39. The van der Waals surface area contributed by atoms with Crippen molar-refractivity contribution >= 4 is 18.4 Å². The molecule has 0 radical (unpaired) electrons. The molecule has 1 aromatic heterocycles. The van der Waals surface area contributed by atoms with Gasteiger partial charge in [0.05, 0.1) is 11.6 Å². The van der Waals surface area contributed by atoms with Crippen LogP contribution in [0.4, 0.5) is 0 Å². The quantitative estimate of drug-likeness (QED) is 0.208. The van der Waals surface area contributed by atoms with Crippen molar-refractivity contribution < 1.29 is 4.57 Å². The molecule has 1 aliphatic rings. The van der Waals surface area contributed by atoms with Crippen molar-refractivity contribution in [1.82, 2.24) is 0 Å². The van der Waals surface area contributed by atoms with E-state index < -0.39 is 8.07 Å². The highest BCUT2D eigenvalue weighted by molar-refractivity contribution is 7.05. The van der Waals surface area contributed by atoms with Crippen LogP contribution in [0.25, 0.3) is 44.6 Å². The number of hydrogen-bond acceptors (Lipinski definition) is 1. The van der Waals surface area contributed by atoms with E-state index >= 15 is 0 Å². The first kappa shape index (κ1) is 23.2. The van der Waals surface area contributed by atoms with Crippen LogP contribution < -0.4 is 14.9 Å². The third-order valence-electron chi connectivity index (χ3n) is 7.87. The molecule has 0 aliphatic carbocycles. The van der Waals surface area contributed by atoms with Gasteiger partial charge >= 0.3 is 0 Å². The smallest absolute Gasteiger partial charge is 0.201 e. The third kappa shape index (κ3) is 3.56. The van der Waals surface area contributed by atoms with E-state index in [1.54, 1.807) is 0 Å². The second kappa shape index (κ2) is 8.69. The van der Waals surface area contributed by atoms with Crippen LogP contribution in [-0.2, 0) is 7.05 Å². The first-order valence-electron chi connectivity index (χ1n) is 12.7. The van der Waals surface area contributed by atoms with Crippen molar-refractivity contribution in [3.8, 4) is 50.7 Å². The Morgan fingerprint density at radius 1 is 0.649 bits per heavy atom. The van der Waals surface area contributed by atoms with E-state index in [2.05, 4.69) is 129 Å². The fourth-order valence-corrected chi connectivity index (χ4v) is 10.0. The summed E-state index contributed by atoms with van der Waals surface area (Å²) in [5.41, 5.74) is 11.8. The van der Waals surface area contributed by atoms with E-state index in [1.165, 1.54) is 49.4 Å². The van der Waals surface area contributed by atoms with Crippen molar-refractivity contribution in [2.24, 2.45) is 7.05 Å². The average Bonchev–Trinajstić information content (AvgIpc) is 3.16. The number of nitriles is 1. The van der Waals surface area contributed by atoms with Crippen molar-refractivity contribution in [3.05, 3.63) is 114 Å². The lowest BCUT2D eigenvalue weighted by Gasteiger charge is -2.25. The van der Waals surface area contributed by atoms with E-state index in [-0.39, 0.29) is 0 Å². The van der Waals surface area contributed by atoms with Gasteiger partial charge in [-0.25, -0.2) is 4.57 Å². The Hall–Kier alpha value is -4.26. The largest absolute Gasteiger partial charge is 0.212 e. The Labute approximate surface area is 220 Å². The molecule has 0 N–H and O–H groups in total. The lowest BCUT2D eigenvalue weighted by molar-refractivity contribution is -0.660. The zero-order valence-electron chi connectivity index (χ0n) is 21.7. The summed E-state index contributed by atoms with van der Waals surface area (Å²) in [6.45, 7) is 7.12. The predicted molar refractivity (Wildman–Crippen MR) is 156 cm³/mol. The van der Waals surface area contributed by atoms with Gasteiger partial charge < -0.3 is 0 Å². The molecule has 2 heterocycles. The maximum Gasteiger partial charge on any atom is 0.212 e. The normalized spacial score (nSPS) is 13.1. The van der Waals surface area contributed by atoms with Gasteiger partial charge in [0.25, 0.3) is 0 Å². The summed E-state index contributed by atoms with van der Waals surface area (Å²) in [6.07, 6.45) is 2.12. The number of rotatable bonds is 3. The summed E-state index contributed by atoms with van der Waals surface area (Å²) in [7, 11) is -0.0568. The highest BCUT2D eigenvalue weighted by Gasteiger charge is 2.43. The molecule has 2 nitrogen and oxygen atoms in total. The van der Waals surface area contributed by atoms with Crippen LogP contribution in [0.5, 0.6) is 0 Å². The summed E-state index contributed by atoms with van der Waals surface area (Å²) in [5.74, 6) is 0. The maximum atomic E-state index is 10.2. The molecule has 0 bridgehead atoms. The molecule has 5 aromatic rings. The molecule has 0 unspecified atom stereocenters. The Morgan fingerprint density at radius 2 is 1.24 bits per heavy atom. The van der Waals surface area contributed by atoms with Gasteiger partial charge in [0, 0.05) is 17.7 Å². The fourth-order valence-electron chi connectivity index (χ4n) is 6.15. The van der Waals surface area contributed by atoms with Gasteiger partial charge in [-0.05, 0) is 68.4 Å². The predicted octanol–water partition coefficient (Wildman–Crippen LogP) is 6.50. The number of fused-ring (bicyclic) bond motifs is 3. The zero-order chi connectivity index (χ0) is 25.7. The molecule has 1 aliphatic heterocycles. The molecule has 0 atom stereocenters. The summed E-state index contributed by atoms with van der Waals surface area (Å²) < 4.78 is 2.22. The molecule has 0 spiro atoms. The lowest BCUT2D eigenvalue weighted by atomic mass is 9.92. The Balaban J connectivity index is 1.59. The van der Waals surface area contributed by atoms with Gasteiger partial charge in [0.2, 0.25) is 5.69 Å². The van der Waals surface area contributed by atoms with Crippen LogP contribution in [0.2, 0.25) is 13.1 Å². The summed E-state index contributed by atoms with van der Waals surface area (Å²) in [6, 6.07) is 36.9. The van der Waals surface area contributed by atoms with Crippen LogP contribution in [0, 0.1) is 18.3 Å². The van der Waals surface area contributed by atoms with E-state index in [0.29, 0.717) is 0 Å². The molecule has 0 saturated heterocycles. The minimum Gasteiger partial charge on any atom is -0.201 e. The van der Waals surface area contributed by atoms with Gasteiger partial charge in [-0.2, -0.15) is 5.26 Å². The summed E-state index contributed by atoms with van der Waals surface area (Å²) in [5, 5.41) is 13.1. The van der Waals surface area contributed by atoms with Gasteiger partial charge in [-0.1, -0.05) is 85.9 Å². The first-order chi connectivity index (χ1) is 17.9. The second-order valence-electron chi connectivity index (χ2n) is 10.5. The lowest BCUT2D eigenvalue weighted by Crippen LogP contribution is -2.52. The van der Waals surface area contributed by atoms with Gasteiger partial charge in [0.15, 0.2) is 6.20 Å². The number of nitrogens with zero attached hydrogens (tertiary/aromatic N) is 2. The molecule has 0 fully saturated rings. The molecule has 3 heteroatoms. The van der Waals surface area contributed by atoms with E-state index in [1.807, 2.05) is 12.1 Å². The minimum atomic E-state index is -2.18. The minimum absolute atomic E-state index is 0.753. The summed E-state index contributed by atoms with van der Waals surface area (Å²) >= 11 is 0. The molecule has 37 heavy (non-hydrogen) atoms. The van der Waals surface area contributed by atoms with E-state index in [0.717, 1.165) is 16.7 Å². The van der Waals surface area contributed by atoms with Crippen LogP contribution >= 0.6 is 0 Å². The Kier molecular flexibility index (Phi) is 5.44.